The van der Waals surface area contributed by atoms with Gasteiger partial charge in [0.1, 0.15) is 0 Å². The van der Waals surface area contributed by atoms with Crippen molar-refractivity contribution in [3.8, 4) is 0 Å². The van der Waals surface area contributed by atoms with Gasteiger partial charge in [0, 0.05) is 11.3 Å². The first-order valence-electron chi connectivity index (χ1n) is 6.33. The van der Waals surface area contributed by atoms with Gasteiger partial charge in [0.2, 0.25) is 0 Å². The van der Waals surface area contributed by atoms with Gasteiger partial charge in [0.05, 0.1) is 5.71 Å². The Hall–Kier alpha value is -2.62. The van der Waals surface area contributed by atoms with Crippen LogP contribution in [0.1, 0.15) is 28.4 Å². The van der Waals surface area contributed by atoms with Crippen molar-refractivity contribution in [2.45, 2.75) is 13.8 Å². The Morgan fingerprint density at radius 2 is 1.55 bits per heavy atom. The smallest absolute Gasteiger partial charge is 0.271 e. The second-order valence-corrected chi connectivity index (χ2v) is 4.63. The highest BCUT2D eigenvalue weighted by molar-refractivity contribution is 6.00. The summed E-state index contributed by atoms with van der Waals surface area (Å²) in [6, 6.07) is 14.7. The van der Waals surface area contributed by atoms with Crippen LogP contribution in [0.4, 0.5) is 5.69 Å². The highest BCUT2D eigenvalue weighted by Crippen LogP contribution is 2.06. The second kappa shape index (κ2) is 6.02. The summed E-state index contributed by atoms with van der Waals surface area (Å²) in [5, 5.41) is 4.11. The summed E-state index contributed by atoms with van der Waals surface area (Å²) in [6.45, 7) is 3.88. The van der Waals surface area contributed by atoms with Gasteiger partial charge >= 0.3 is 0 Å². The Morgan fingerprint density at radius 3 is 2.15 bits per heavy atom. The van der Waals surface area contributed by atoms with Gasteiger partial charge in [-0.2, -0.15) is 5.10 Å². The lowest BCUT2D eigenvalue weighted by molar-refractivity contribution is 0.0955. The lowest BCUT2D eigenvalue weighted by Gasteiger charge is -2.04. The number of carbonyl (C=O) groups excluding carboxylic acids is 1. The fourth-order valence-electron chi connectivity index (χ4n) is 1.69. The molecule has 2 aromatic carbocycles. The fourth-order valence-corrected chi connectivity index (χ4v) is 1.69. The minimum Gasteiger partial charge on any atom is -0.399 e. The van der Waals surface area contributed by atoms with Crippen LogP contribution in [0.5, 0.6) is 0 Å². The average Bonchev–Trinajstić information content (AvgIpc) is 2.46. The predicted molar refractivity (Wildman–Crippen MR) is 81.7 cm³/mol. The van der Waals surface area contributed by atoms with Crippen molar-refractivity contribution in [1.29, 1.82) is 0 Å². The van der Waals surface area contributed by atoms with Crippen molar-refractivity contribution in [3.63, 3.8) is 0 Å². The van der Waals surface area contributed by atoms with Crippen LogP contribution in [-0.2, 0) is 0 Å². The van der Waals surface area contributed by atoms with Crippen LogP contribution in [0.25, 0.3) is 0 Å². The molecule has 0 aromatic heterocycles. The van der Waals surface area contributed by atoms with E-state index in [9.17, 15) is 4.79 Å². The monoisotopic (exact) mass is 267 g/mol. The zero-order valence-corrected chi connectivity index (χ0v) is 11.6. The number of anilines is 1. The third-order valence-electron chi connectivity index (χ3n) is 2.97. The van der Waals surface area contributed by atoms with E-state index in [1.165, 1.54) is 5.56 Å². The number of nitrogens with two attached hydrogens (primary N) is 1. The van der Waals surface area contributed by atoms with E-state index in [0.717, 1.165) is 11.3 Å². The largest absolute Gasteiger partial charge is 0.399 e. The SMILES string of the molecule is C/C(=N/NC(=O)c1ccc(N)cc1)c1ccc(C)cc1. The molecule has 2 aromatic rings. The topological polar surface area (TPSA) is 67.5 Å². The molecule has 20 heavy (non-hydrogen) atoms. The molecule has 0 unspecified atom stereocenters. The quantitative estimate of drug-likeness (QED) is 0.510. The van der Waals surface area contributed by atoms with E-state index in [-0.39, 0.29) is 5.91 Å². The van der Waals surface area contributed by atoms with Crippen LogP contribution in [0, 0.1) is 6.92 Å². The summed E-state index contributed by atoms with van der Waals surface area (Å²) >= 11 is 0. The van der Waals surface area contributed by atoms with Crippen LogP contribution in [0.3, 0.4) is 0 Å². The maximum Gasteiger partial charge on any atom is 0.271 e. The van der Waals surface area contributed by atoms with E-state index >= 15 is 0 Å². The Balaban J connectivity index is 2.06. The number of amides is 1. The number of hydrogen-bond donors (Lipinski definition) is 2. The van der Waals surface area contributed by atoms with Gasteiger partial charge in [0.25, 0.3) is 5.91 Å². The summed E-state index contributed by atoms with van der Waals surface area (Å²) in [4.78, 5) is 11.9. The molecule has 0 heterocycles. The molecule has 102 valence electrons. The molecule has 1 amide bonds. The third-order valence-corrected chi connectivity index (χ3v) is 2.97. The molecular weight excluding hydrogens is 250 g/mol. The molecule has 0 aliphatic carbocycles. The Bertz CT molecular complexity index is 628. The lowest BCUT2D eigenvalue weighted by atomic mass is 10.1. The van der Waals surface area contributed by atoms with Gasteiger partial charge in [-0.3, -0.25) is 4.79 Å². The average molecular weight is 267 g/mol. The van der Waals surface area contributed by atoms with Crippen molar-refractivity contribution >= 4 is 17.3 Å². The highest BCUT2D eigenvalue weighted by atomic mass is 16.2. The zero-order chi connectivity index (χ0) is 14.5. The minimum absolute atomic E-state index is 0.253. The fraction of sp³-hybridized carbons (Fsp3) is 0.125. The van der Waals surface area contributed by atoms with Crippen molar-refractivity contribution in [3.05, 3.63) is 65.2 Å². The number of nitrogens with zero attached hydrogens (tertiary/aromatic N) is 1. The standard InChI is InChI=1S/C16H17N3O/c1-11-3-5-13(6-4-11)12(2)18-19-16(20)14-7-9-15(17)10-8-14/h3-10H,17H2,1-2H3,(H,19,20)/b18-12-. The van der Waals surface area contributed by atoms with Gasteiger partial charge in [0.15, 0.2) is 0 Å². The summed E-state index contributed by atoms with van der Waals surface area (Å²) in [5.74, 6) is -0.253. The summed E-state index contributed by atoms with van der Waals surface area (Å²) in [5.41, 5.74) is 12.2. The van der Waals surface area contributed by atoms with Gasteiger partial charge in [-0.1, -0.05) is 29.8 Å². The number of hydrogen-bond acceptors (Lipinski definition) is 3. The number of benzene rings is 2. The number of carbonyl (C=O) groups is 1. The molecule has 0 aliphatic heterocycles. The first-order valence-corrected chi connectivity index (χ1v) is 6.33. The van der Waals surface area contributed by atoms with Gasteiger partial charge in [-0.25, -0.2) is 5.43 Å². The van der Waals surface area contributed by atoms with E-state index in [4.69, 9.17) is 5.73 Å². The van der Waals surface area contributed by atoms with Crippen molar-refractivity contribution < 1.29 is 4.79 Å². The zero-order valence-electron chi connectivity index (χ0n) is 11.6. The summed E-state index contributed by atoms with van der Waals surface area (Å²) < 4.78 is 0. The first kappa shape index (κ1) is 13.8. The van der Waals surface area contributed by atoms with Gasteiger partial charge in [-0.15, -0.1) is 0 Å². The Labute approximate surface area is 118 Å². The van der Waals surface area contributed by atoms with Gasteiger partial charge in [-0.05, 0) is 43.7 Å². The molecule has 2 rings (SSSR count). The number of nitrogen functional groups attached to an aromatic ring is 1. The normalized spacial score (nSPS) is 11.2. The molecule has 0 saturated carbocycles. The highest BCUT2D eigenvalue weighted by Gasteiger charge is 2.04. The van der Waals surface area contributed by atoms with Crippen LogP contribution in [0.2, 0.25) is 0 Å². The summed E-state index contributed by atoms with van der Waals surface area (Å²) in [7, 11) is 0. The minimum atomic E-state index is -0.253. The Morgan fingerprint density at radius 1 is 1.00 bits per heavy atom. The molecule has 0 aliphatic rings. The molecule has 0 spiro atoms. The van der Waals surface area contributed by atoms with E-state index in [1.54, 1.807) is 24.3 Å². The molecule has 0 bridgehead atoms. The number of rotatable bonds is 3. The van der Waals surface area contributed by atoms with Crippen LogP contribution in [-0.4, -0.2) is 11.6 Å². The third kappa shape index (κ3) is 3.45. The molecule has 4 nitrogen and oxygen atoms in total. The van der Waals surface area contributed by atoms with Crippen LogP contribution in [0.15, 0.2) is 53.6 Å². The van der Waals surface area contributed by atoms with Crippen molar-refractivity contribution in [2.75, 3.05) is 5.73 Å². The van der Waals surface area contributed by atoms with Crippen LogP contribution >= 0.6 is 0 Å². The van der Waals surface area contributed by atoms with Crippen molar-refractivity contribution in [1.82, 2.24) is 5.43 Å². The maximum absolute atomic E-state index is 11.9. The molecule has 0 radical (unpaired) electrons. The van der Waals surface area contributed by atoms with E-state index in [0.29, 0.717) is 11.3 Å². The Kier molecular flexibility index (Phi) is 4.15. The van der Waals surface area contributed by atoms with E-state index < -0.39 is 0 Å². The molecule has 4 heteroatoms. The van der Waals surface area contributed by atoms with Crippen molar-refractivity contribution in [2.24, 2.45) is 5.10 Å². The van der Waals surface area contributed by atoms with E-state index in [2.05, 4.69) is 10.5 Å². The van der Waals surface area contributed by atoms with E-state index in [1.807, 2.05) is 38.1 Å². The number of hydrazone groups is 1. The van der Waals surface area contributed by atoms with Crippen LogP contribution < -0.4 is 11.2 Å². The lowest BCUT2D eigenvalue weighted by Crippen LogP contribution is -2.19. The van der Waals surface area contributed by atoms with Gasteiger partial charge < -0.3 is 5.73 Å². The molecule has 0 saturated heterocycles. The molecule has 0 atom stereocenters. The molecule has 0 fully saturated rings. The summed E-state index contributed by atoms with van der Waals surface area (Å²) in [6.07, 6.45) is 0. The second-order valence-electron chi connectivity index (χ2n) is 4.63. The number of aryl methyl sites for hydroxylation is 1. The predicted octanol–water partition coefficient (Wildman–Crippen LogP) is 2.73. The number of nitrogens with one attached hydrogen (secondary N) is 1. The molecule has 3 N–H and O–H groups in total. The maximum atomic E-state index is 11.9. The first-order chi connectivity index (χ1) is 9.56. The molecular formula is C16H17N3O.